The number of hydrogen-bond donors (Lipinski definition) is 1. The van der Waals surface area contributed by atoms with Crippen LogP contribution in [0.25, 0.3) is 11.0 Å². The Morgan fingerprint density at radius 3 is 2.70 bits per heavy atom. The van der Waals surface area contributed by atoms with Gasteiger partial charge in [0.25, 0.3) is 0 Å². The predicted octanol–water partition coefficient (Wildman–Crippen LogP) is 4.94. The molecule has 20 heavy (non-hydrogen) atoms. The number of halogens is 1. The van der Waals surface area contributed by atoms with Crippen molar-refractivity contribution in [1.82, 2.24) is 5.32 Å². The van der Waals surface area contributed by atoms with Gasteiger partial charge in [-0.15, -0.1) is 0 Å². The van der Waals surface area contributed by atoms with E-state index < -0.39 is 0 Å². The predicted molar refractivity (Wildman–Crippen MR) is 82.9 cm³/mol. The fourth-order valence-corrected chi connectivity index (χ4v) is 2.67. The highest BCUT2D eigenvalue weighted by molar-refractivity contribution is 6.31. The standard InChI is InChI=1S/C17H16ClNO/c1-12(14-6-2-4-8-16(14)18)19-10-13-11-20-17-9-5-3-7-15(13)17/h2-9,11-12,19H,10H2,1H3. The lowest BCUT2D eigenvalue weighted by Gasteiger charge is -2.15. The van der Waals surface area contributed by atoms with Gasteiger partial charge in [0.05, 0.1) is 6.26 Å². The number of hydrogen-bond acceptors (Lipinski definition) is 2. The van der Waals surface area contributed by atoms with Gasteiger partial charge in [0.1, 0.15) is 5.58 Å². The molecule has 102 valence electrons. The van der Waals surface area contributed by atoms with Crippen molar-refractivity contribution in [2.24, 2.45) is 0 Å². The van der Waals surface area contributed by atoms with E-state index in [1.165, 1.54) is 5.56 Å². The van der Waals surface area contributed by atoms with E-state index in [4.69, 9.17) is 16.0 Å². The highest BCUT2D eigenvalue weighted by Crippen LogP contribution is 2.24. The number of nitrogens with one attached hydrogen (secondary N) is 1. The summed E-state index contributed by atoms with van der Waals surface area (Å²) in [5.74, 6) is 0. The molecule has 3 aromatic rings. The summed E-state index contributed by atoms with van der Waals surface area (Å²) in [6.45, 7) is 2.87. The number of benzene rings is 2. The molecular weight excluding hydrogens is 270 g/mol. The molecule has 0 bridgehead atoms. The highest BCUT2D eigenvalue weighted by Gasteiger charge is 2.10. The molecular formula is C17H16ClNO. The Hall–Kier alpha value is -1.77. The molecule has 0 aliphatic heterocycles. The first-order chi connectivity index (χ1) is 9.75. The van der Waals surface area contributed by atoms with Gasteiger partial charge in [-0.2, -0.15) is 0 Å². The molecule has 0 aliphatic rings. The second-order valence-corrected chi connectivity index (χ2v) is 5.29. The van der Waals surface area contributed by atoms with Crippen molar-refractivity contribution in [3.05, 3.63) is 70.9 Å². The monoisotopic (exact) mass is 285 g/mol. The zero-order valence-electron chi connectivity index (χ0n) is 11.3. The second kappa shape index (κ2) is 5.70. The number of fused-ring (bicyclic) bond motifs is 1. The molecule has 3 heteroatoms. The largest absolute Gasteiger partial charge is 0.464 e. The van der Waals surface area contributed by atoms with Crippen LogP contribution in [0.5, 0.6) is 0 Å². The SMILES string of the molecule is CC(NCc1coc2ccccc12)c1ccccc1Cl. The van der Waals surface area contributed by atoms with E-state index in [-0.39, 0.29) is 6.04 Å². The Morgan fingerprint density at radius 2 is 1.85 bits per heavy atom. The van der Waals surface area contributed by atoms with Crippen molar-refractivity contribution in [1.29, 1.82) is 0 Å². The maximum absolute atomic E-state index is 6.22. The summed E-state index contributed by atoms with van der Waals surface area (Å²) in [4.78, 5) is 0. The molecule has 0 saturated carbocycles. The minimum Gasteiger partial charge on any atom is -0.464 e. The van der Waals surface area contributed by atoms with E-state index in [2.05, 4.69) is 18.3 Å². The Bertz CT molecular complexity index is 720. The molecule has 1 N–H and O–H groups in total. The highest BCUT2D eigenvalue weighted by atomic mass is 35.5. The van der Waals surface area contributed by atoms with Crippen LogP contribution >= 0.6 is 11.6 Å². The third kappa shape index (κ3) is 2.58. The van der Waals surface area contributed by atoms with E-state index in [9.17, 15) is 0 Å². The smallest absolute Gasteiger partial charge is 0.134 e. The molecule has 2 aromatic carbocycles. The molecule has 0 fully saturated rings. The normalized spacial score (nSPS) is 12.7. The summed E-state index contributed by atoms with van der Waals surface area (Å²) in [7, 11) is 0. The number of furan rings is 1. The van der Waals surface area contributed by atoms with E-state index in [1.807, 2.05) is 48.7 Å². The fourth-order valence-electron chi connectivity index (χ4n) is 2.37. The molecule has 1 aromatic heterocycles. The lowest BCUT2D eigenvalue weighted by atomic mass is 10.1. The van der Waals surface area contributed by atoms with Crippen LogP contribution in [0.4, 0.5) is 0 Å². The molecule has 0 saturated heterocycles. The van der Waals surface area contributed by atoms with Crippen LogP contribution < -0.4 is 5.32 Å². The van der Waals surface area contributed by atoms with Crippen LogP contribution in [0.3, 0.4) is 0 Å². The molecule has 0 spiro atoms. The summed E-state index contributed by atoms with van der Waals surface area (Å²) >= 11 is 6.22. The summed E-state index contributed by atoms with van der Waals surface area (Å²) in [5.41, 5.74) is 3.20. The average Bonchev–Trinajstić information content (AvgIpc) is 2.88. The quantitative estimate of drug-likeness (QED) is 0.735. The van der Waals surface area contributed by atoms with E-state index in [1.54, 1.807) is 0 Å². The molecule has 1 atom stereocenters. The van der Waals surface area contributed by atoms with Gasteiger partial charge in [0.2, 0.25) is 0 Å². The van der Waals surface area contributed by atoms with Crippen molar-refractivity contribution < 1.29 is 4.42 Å². The third-order valence-electron chi connectivity index (χ3n) is 3.53. The Kier molecular flexibility index (Phi) is 3.77. The molecule has 1 unspecified atom stereocenters. The van der Waals surface area contributed by atoms with Crippen molar-refractivity contribution in [3.63, 3.8) is 0 Å². The van der Waals surface area contributed by atoms with Crippen LogP contribution in [0, 0.1) is 0 Å². The van der Waals surface area contributed by atoms with Crippen molar-refractivity contribution in [2.45, 2.75) is 19.5 Å². The molecule has 0 aliphatic carbocycles. The fraction of sp³-hybridized carbons (Fsp3) is 0.176. The second-order valence-electron chi connectivity index (χ2n) is 4.88. The number of para-hydroxylation sites is 1. The summed E-state index contributed by atoms with van der Waals surface area (Å²) in [5, 5.41) is 5.44. The maximum Gasteiger partial charge on any atom is 0.134 e. The zero-order valence-corrected chi connectivity index (χ0v) is 12.0. The van der Waals surface area contributed by atoms with E-state index in [0.717, 1.165) is 28.1 Å². The van der Waals surface area contributed by atoms with Gasteiger partial charge in [-0.3, -0.25) is 0 Å². The molecule has 2 nitrogen and oxygen atoms in total. The van der Waals surface area contributed by atoms with Crippen LogP contribution in [0.1, 0.15) is 24.1 Å². The lowest BCUT2D eigenvalue weighted by molar-refractivity contribution is 0.562. The minimum atomic E-state index is 0.192. The van der Waals surface area contributed by atoms with Gasteiger partial charge in [-0.05, 0) is 24.6 Å². The minimum absolute atomic E-state index is 0.192. The molecule has 1 heterocycles. The third-order valence-corrected chi connectivity index (χ3v) is 3.88. The first-order valence-corrected chi connectivity index (χ1v) is 7.06. The van der Waals surface area contributed by atoms with E-state index >= 15 is 0 Å². The van der Waals surface area contributed by atoms with Crippen LogP contribution in [-0.4, -0.2) is 0 Å². The van der Waals surface area contributed by atoms with Gasteiger partial charge >= 0.3 is 0 Å². The number of rotatable bonds is 4. The Morgan fingerprint density at radius 1 is 1.10 bits per heavy atom. The molecule has 0 amide bonds. The lowest BCUT2D eigenvalue weighted by Crippen LogP contribution is -2.18. The van der Waals surface area contributed by atoms with Crippen molar-refractivity contribution in [3.8, 4) is 0 Å². The maximum atomic E-state index is 6.22. The van der Waals surface area contributed by atoms with E-state index in [0.29, 0.717) is 0 Å². The van der Waals surface area contributed by atoms with Gasteiger partial charge in [-0.1, -0.05) is 48.0 Å². The van der Waals surface area contributed by atoms with Gasteiger partial charge in [-0.25, -0.2) is 0 Å². The molecule has 3 rings (SSSR count). The first-order valence-electron chi connectivity index (χ1n) is 6.68. The zero-order chi connectivity index (χ0) is 13.9. The Labute approximate surface area is 123 Å². The van der Waals surface area contributed by atoms with Crippen molar-refractivity contribution >= 4 is 22.6 Å². The van der Waals surface area contributed by atoms with Gasteiger partial charge < -0.3 is 9.73 Å². The van der Waals surface area contributed by atoms with Gasteiger partial charge in [0.15, 0.2) is 0 Å². The first kappa shape index (κ1) is 13.2. The van der Waals surface area contributed by atoms with Crippen LogP contribution in [0.2, 0.25) is 5.02 Å². The van der Waals surface area contributed by atoms with Crippen LogP contribution in [-0.2, 0) is 6.54 Å². The summed E-state index contributed by atoms with van der Waals surface area (Å²) < 4.78 is 5.54. The Balaban J connectivity index is 1.75. The summed E-state index contributed by atoms with van der Waals surface area (Å²) in [6, 6.07) is 16.2. The van der Waals surface area contributed by atoms with Crippen molar-refractivity contribution in [2.75, 3.05) is 0 Å². The average molecular weight is 286 g/mol. The summed E-state index contributed by atoms with van der Waals surface area (Å²) in [6.07, 6.45) is 1.82. The van der Waals surface area contributed by atoms with Crippen LogP contribution in [0.15, 0.2) is 59.2 Å². The molecule has 0 radical (unpaired) electrons. The topological polar surface area (TPSA) is 25.2 Å². The van der Waals surface area contributed by atoms with Gasteiger partial charge in [0, 0.05) is 28.6 Å².